The lowest BCUT2D eigenvalue weighted by molar-refractivity contribution is -0.144. The summed E-state index contributed by atoms with van der Waals surface area (Å²) in [4.78, 5) is 26.0. The average molecular weight is 568 g/mol. The molecule has 1 unspecified atom stereocenters. The molecule has 2 aliphatic rings. The highest BCUT2D eigenvalue weighted by atomic mass is 32.2. The fourth-order valence-electron chi connectivity index (χ4n) is 5.88. The lowest BCUT2D eigenvalue weighted by Gasteiger charge is -2.37. The van der Waals surface area contributed by atoms with Gasteiger partial charge in [0.2, 0.25) is 15.9 Å². The molecule has 0 bridgehead atoms. The number of carbonyl (C=O) groups excluding carboxylic acids is 1. The van der Waals surface area contributed by atoms with Gasteiger partial charge in [-0.25, -0.2) is 13.1 Å². The zero-order chi connectivity index (χ0) is 28.4. The van der Waals surface area contributed by atoms with Gasteiger partial charge in [-0.1, -0.05) is 30.3 Å². The fraction of sp³-hybridized carbons (Fsp3) is 0.467. The number of morpholine rings is 1. The highest BCUT2D eigenvalue weighted by Crippen LogP contribution is 2.31. The number of rotatable bonds is 8. The van der Waals surface area contributed by atoms with Crippen LogP contribution in [-0.2, 0) is 37.8 Å². The molecule has 40 heavy (non-hydrogen) atoms. The Morgan fingerprint density at radius 2 is 1.77 bits per heavy atom. The van der Waals surface area contributed by atoms with Crippen LogP contribution in [0.1, 0.15) is 44.6 Å². The summed E-state index contributed by atoms with van der Waals surface area (Å²) < 4.78 is 37.0. The molecule has 1 saturated carbocycles. The molecule has 2 fully saturated rings. The minimum Gasteiger partial charge on any atom is -0.481 e. The molecule has 2 aromatic carbocycles. The standard InChI is InChI=1S/C30H37N3O6S/c1-20-19-39-16-15-33(20)30(36)23-8-11-25(12-9-23)31-40(37,38)26-13-10-24-17-27(32(2)28(24)18-26)22-6-3-21(4-7-22)5-14-29(34)35/h3-4,6-7,10,13,17-18,20,23,25,31H,5,8-9,11-12,14-16,19H2,1-2H3,(H,34,35). The van der Waals surface area contributed by atoms with E-state index in [2.05, 4.69) is 4.72 Å². The normalized spacial score (nSPS) is 21.9. The van der Waals surface area contributed by atoms with Gasteiger partial charge in [0.1, 0.15) is 0 Å². The van der Waals surface area contributed by atoms with Crippen molar-refractivity contribution in [3.05, 3.63) is 54.1 Å². The summed E-state index contributed by atoms with van der Waals surface area (Å²) in [6.45, 7) is 3.76. The van der Waals surface area contributed by atoms with Crippen molar-refractivity contribution in [2.24, 2.45) is 13.0 Å². The van der Waals surface area contributed by atoms with Crippen molar-refractivity contribution in [3.8, 4) is 11.3 Å². The van der Waals surface area contributed by atoms with Crippen LogP contribution in [0, 0.1) is 5.92 Å². The van der Waals surface area contributed by atoms with Crippen LogP contribution in [0.25, 0.3) is 22.2 Å². The largest absolute Gasteiger partial charge is 0.481 e. The Morgan fingerprint density at radius 3 is 2.45 bits per heavy atom. The molecule has 214 valence electrons. The van der Waals surface area contributed by atoms with Gasteiger partial charge in [-0.15, -0.1) is 0 Å². The van der Waals surface area contributed by atoms with Gasteiger partial charge < -0.3 is 19.3 Å². The highest BCUT2D eigenvalue weighted by Gasteiger charge is 2.34. The summed E-state index contributed by atoms with van der Waals surface area (Å²) in [5.41, 5.74) is 3.68. The van der Waals surface area contributed by atoms with E-state index in [0.717, 1.165) is 27.7 Å². The zero-order valence-electron chi connectivity index (χ0n) is 23.0. The first kappa shape index (κ1) is 28.3. The molecule has 1 amide bonds. The van der Waals surface area contributed by atoms with Gasteiger partial charge in [-0.05, 0) is 68.4 Å². The van der Waals surface area contributed by atoms with E-state index in [1.165, 1.54) is 0 Å². The zero-order valence-corrected chi connectivity index (χ0v) is 23.8. The van der Waals surface area contributed by atoms with Crippen LogP contribution in [0.3, 0.4) is 0 Å². The molecular weight excluding hydrogens is 530 g/mol. The number of hydrogen-bond acceptors (Lipinski definition) is 5. The fourth-order valence-corrected chi connectivity index (χ4v) is 7.21. The first-order valence-electron chi connectivity index (χ1n) is 13.9. The number of carboxylic acids is 1. The molecule has 1 aliphatic heterocycles. The number of carboxylic acid groups (broad SMARTS) is 1. The van der Waals surface area contributed by atoms with Crippen molar-refractivity contribution >= 4 is 32.8 Å². The van der Waals surface area contributed by atoms with E-state index in [-0.39, 0.29) is 35.2 Å². The molecule has 0 radical (unpaired) electrons. The van der Waals surface area contributed by atoms with Crippen molar-refractivity contribution in [1.82, 2.24) is 14.2 Å². The number of fused-ring (bicyclic) bond motifs is 1. The van der Waals surface area contributed by atoms with Gasteiger partial charge in [0.05, 0.1) is 24.2 Å². The smallest absolute Gasteiger partial charge is 0.303 e. The Kier molecular flexibility index (Phi) is 8.30. The molecule has 3 aromatic rings. The predicted octanol–water partition coefficient (Wildman–Crippen LogP) is 3.95. The molecule has 2 N–H and O–H groups in total. The van der Waals surface area contributed by atoms with E-state index in [0.29, 0.717) is 51.9 Å². The van der Waals surface area contributed by atoms with E-state index in [9.17, 15) is 18.0 Å². The Bertz CT molecular complexity index is 1490. The molecule has 1 atom stereocenters. The van der Waals surface area contributed by atoms with E-state index in [1.807, 2.05) is 59.8 Å². The number of aromatic nitrogens is 1. The molecule has 5 rings (SSSR count). The number of ether oxygens (including phenoxy) is 1. The second kappa shape index (κ2) is 11.7. The third kappa shape index (κ3) is 6.09. The van der Waals surface area contributed by atoms with E-state index >= 15 is 0 Å². The summed E-state index contributed by atoms with van der Waals surface area (Å²) in [5, 5.41) is 9.84. The number of amides is 1. The molecule has 9 nitrogen and oxygen atoms in total. The lowest BCUT2D eigenvalue weighted by Crippen LogP contribution is -2.50. The molecule has 10 heteroatoms. The molecule has 1 saturated heterocycles. The number of hydrogen-bond donors (Lipinski definition) is 2. The van der Waals surface area contributed by atoms with Gasteiger partial charge in [-0.3, -0.25) is 9.59 Å². The van der Waals surface area contributed by atoms with Crippen molar-refractivity contribution in [2.75, 3.05) is 19.8 Å². The van der Waals surface area contributed by atoms with Crippen LogP contribution < -0.4 is 4.72 Å². The van der Waals surface area contributed by atoms with E-state index < -0.39 is 16.0 Å². The summed E-state index contributed by atoms with van der Waals surface area (Å²) in [6.07, 6.45) is 3.17. The number of benzene rings is 2. The summed E-state index contributed by atoms with van der Waals surface area (Å²) >= 11 is 0. The molecule has 1 aromatic heterocycles. The Balaban J connectivity index is 1.25. The van der Waals surface area contributed by atoms with Crippen molar-refractivity contribution in [3.63, 3.8) is 0 Å². The Morgan fingerprint density at radius 1 is 1.05 bits per heavy atom. The summed E-state index contributed by atoms with van der Waals surface area (Å²) in [5.74, 6) is -0.720. The van der Waals surface area contributed by atoms with Crippen molar-refractivity contribution < 1.29 is 27.9 Å². The summed E-state index contributed by atoms with van der Waals surface area (Å²) in [6, 6.07) is 14.9. The average Bonchev–Trinajstić information content (AvgIpc) is 3.28. The third-order valence-electron chi connectivity index (χ3n) is 8.25. The van der Waals surface area contributed by atoms with Crippen LogP contribution >= 0.6 is 0 Å². The van der Waals surface area contributed by atoms with E-state index in [4.69, 9.17) is 9.84 Å². The van der Waals surface area contributed by atoms with Gasteiger partial charge in [0.25, 0.3) is 0 Å². The van der Waals surface area contributed by atoms with Crippen LogP contribution in [0.15, 0.2) is 53.4 Å². The van der Waals surface area contributed by atoms with Crippen LogP contribution in [0.5, 0.6) is 0 Å². The van der Waals surface area contributed by atoms with Crippen LogP contribution in [-0.4, -0.2) is 66.7 Å². The molecular formula is C30H37N3O6S. The number of sulfonamides is 1. The molecule has 2 heterocycles. The SMILES string of the molecule is CC1COCCN1C(=O)C1CCC(NS(=O)(=O)c2ccc3cc(-c4ccc(CCC(=O)O)cc4)n(C)c3c2)CC1. The van der Waals surface area contributed by atoms with Gasteiger partial charge >= 0.3 is 5.97 Å². The van der Waals surface area contributed by atoms with Gasteiger partial charge in [0.15, 0.2) is 0 Å². The molecule has 1 aliphatic carbocycles. The Hall–Kier alpha value is -3.21. The monoisotopic (exact) mass is 567 g/mol. The maximum Gasteiger partial charge on any atom is 0.303 e. The van der Waals surface area contributed by atoms with Crippen molar-refractivity contribution in [2.45, 2.75) is 62.4 Å². The third-order valence-corrected chi connectivity index (χ3v) is 9.77. The van der Waals surface area contributed by atoms with Crippen LogP contribution in [0.2, 0.25) is 0 Å². The first-order chi connectivity index (χ1) is 19.1. The minimum absolute atomic E-state index is 0.0642. The first-order valence-corrected chi connectivity index (χ1v) is 15.4. The number of carbonyl (C=O) groups is 2. The second-order valence-electron chi connectivity index (χ2n) is 11.0. The number of nitrogens with one attached hydrogen (secondary N) is 1. The maximum atomic E-state index is 13.3. The minimum atomic E-state index is -3.73. The highest BCUT2D eigenvalue weighted by molar-refractivity contribution is 7.89. The summed E-state index contributed by atoms with van der Waals surface area (Å²) in [7, 11) is -1.82. The second-order valence-corrected chi connectivity index (χ2v) is 12.7. The number of nitrogens with zero attached hydrogens (tertiary/aromatic N) is 2. The number of aliphatic carboxylic acids is 1. The van der Waals surface area contributed by atoms with Crippen molar-refractivity contribution in [1.29, 1.82) is 0 Å². The van der Waals surface area contributed by atoms with Gasteiger partial charge in [0, 0.05) is 48.6 Å². The lowest BCUT2D eigenvalue weighted by atomic mass is 9.85. The van der Waals surface area contributed by atoms with E-state index in [1.54, 1.807) is 12.1 Å². The quantitative estimate of drug-likeness (QED) is 0.426. The Labute approximate surface area is 235 Å². The topological polar surface area (TPSA) is 118 Å². The van der Waals surface area contributed by atoms with Crippen LogP contribution in [0.4, 0.5) is 0 Å². The molecule has 0 spiro atoms. The van der Waals surface area contributed by atoms with Gasteiger partial charge in [-0.2, -0.15) is 0 Å². The predicted molar refractivity (Wildman–Crippen MR) is 152 cm³/mol. The maximum absolute atomic E-state index is 13.3. The number of aryl methyl sites for hydroxylation is 2.